The summed E-state index contributed by atoms with van der Waals surface area (Å²) in [4.78, 5) is 27.5. The number of piperidine rings is 1. The van der Waals surface area contributed by atoms with Crippen LogP contribution in [0.15, 0.2) is 54.6 Å². The smallest absolute Gasteiger partial charge is 0.324 e. The first-order chi connectivity index (χ1) is 19.2. The molecule has 212 valence electrons. The minimum absolute atomic E-state index is 0.158. The van der Waals surface area contributed by atoms with Gasteiger partial charge in [-0.3, -0.25) is 10.1 Å². The molecule has 2 N–H and O–H groups in total. The van der Waals surface area contributed by atoms with E-state index >= 15 is 0 Å². The van der Waals surface area contributed by atoms with Gasteiger partial charge >= 0.3 is 6.03 Å². The molecule has 2 aliphatic rings. The van der Waals surface area contributed by atoms with Crippen LogP contribution in [0, 0.1) is 12.8 Å². The number of anilines is 2. The summed E-state index contributed by atoms with van der Waals surface area (Å²) in [5, 5.41) is 10.7. The fraction of sp³-hybridized carbons (Fsp3) is 0.469. The maximum Gasteiger partial charge on any atom is 0.324 e. The van der Waals surface area contributed by atoms with Crippen molar-refractivity contribution < 1.29 is 14.3 Å². The molecule has 0 saturated carbocycles. The Morgan fingerprint density at radius 3 is 2.30 bits per heavy atom. The van der Waals surface area contributed by atoms with Gasteiger partial charge in [0.15, 0.2) is 0 Å². The quantitative estimate of drug-likeness (QED) is 0.394. The van der Waals surface area contributed by atoms with E-state index in [2.05, 4.69) is 43.5 Å². The van der Waals surface area contributed by atoms with Gasteiger partial charge in [-0.2, -0.15) is 5.10 Å². The summed E-state index contributed by atoms with van der Waals surface area (Å²) in [6.07, 6.45) is 4.59. The summed E-state index contributed by atoms with van der Waals surface area (Å²) in [7, 11) is 0. The Balaban J connectivity index is 1.16. The molecule has 0 radical (unpaired) electrons. The number of aryl methyl sites for hydroxylation is 1. The molecule has 8 nitrogen and oxygen atoms in total. The van der Waals surface area contributed by atoms with Crippen LogP contribution in [-0.2, 0) is 21.4 Å². The normalized spacial score (nSPS) is 18.1. The molecule has 1 atom stereocenters. The van der Waals surface area contributed by atoms with Gasteiger partial charge in [0, 0.05) is 36.9 Å². The van der Waals surface area contributed by atoms with Gasteiger partial charge in [-0.15, -0.1) is 0 Å². The molecule has 0 spiro atoms. The number of likely N-dealkylation sites (tertiary alicyclic amines) is 1. The van der Waals surface area contributed by atoms with Gasteiger partial charge in [-0.1, -0.05) is 50.6 Å². The number of ether oxygens (including phenoxy) is 1. The highest BCUT2D eigenvalue weighted by atomic mass is 16.5. The lowest BCUT2D eigenvalue weighted by atomic mass is 9.90. The number of urea groups is 1. The van der Waals surface area contributed by atoms with Crippen LogP contribution in [0.5, 0.6) is 0 Å². The summed E-state index contributed by atoms with van der Waals surface area (Å²) in [5.74, 6) is 1.34. The van der Waals surface area contributed by atoms with Gasteiger partial charge in [-0.25, -0.2) is 9.48 Å². The van der Waals surface area contributed by atoms with Crippen molar-refractivity contribution >= 4 is 23.4 Å². The van der Waals surface area contributed by atoms with E-state index in [0.29, 0.717) is 18.3 Å². The molecule has 2 fully saturated rings. The van der Waals surface area contributed by atoms with Gasteiger partial charge in [0.2, 0.25) is 0 Å². The Morgan fingerprint density at radius 1 is 0.975 bits per heavy atom. The number of carbonyl (C=O) groups is 2. The Hall–Kier alpha value is -3.65. The molecule has 40 heavy (non-hydrogen) atoms. The summed E-state index contributed by atoms with van der Waals surface area (Å²) in [5.41, 5.74) is 4.77. The molecule has 0 aliphatic carbocycles. The molecule has 3 heterocycles. The fourth-order valence-corrected chi connectivity index (χ4v) is 5.39. The number of amides is 3. The van der Waals surface area contributed by atoms with E-state index in [1.54, 1.807) is 4.68 Å². The van der Waals surface area contributed by atoms with Gasteiger partial charge in [0.05, 0.1) is 11.4 Å². The average Bonchev–Trinajstić information content (AvgIpc) is 3.61. The molecule has 1 aromatic heterocycles. The molecule has 3 amide bonds. The van der Waals surface area contributed by atoms with Crippen molar-refractivity contribution in [2.24, 2.45) is 5.92 Å². The Morgan fingerprint density at radius 2 is 1.68 bits per heavy atom. The lowest BCUT2D eigenvalue weighted by Gasteiger charge is -2.33. The lowest BCUT2D eigenvalue weighted by molar-refractivity contribution is -0.142. The Labute approximate surface area is 237 Å². The van der Waals surface area contributed by atoms with E-state index in [4.69, 9.17) is 9.84 Å². The molecule has 0 unspecified atom stereocenters. The zero-order valence-corrected chi connectivity index (χ0v) is 24.1. The Kier molecular flexibility index (Phi) is 8.26. The summed E-state index contributed by atoms with van der Waals surface area (Å²) >= 11 is 0. The van der Waals surface area contributed by atoms with Crippen LogP contribution in [0.1, 0.15) is 63.3 Å². The number of nitrogens with one attached hydrogen (secondary N) is 2. The van der Waals surface area contributed by atoms with E-state index < -0.39 is 0 Å². The van der Waals surface area contributed by atoms with Crippen molar-refractivity contribution in [2.45, 2.75) is 71.3 Å². The molecule has 0 bridgehead atoms. The molecular weight excluding hydrogens is 502 g/mol. The van der Waals surface area contributed by atoms with Crippen molar-refractivity contribution in [2.75, 3.05) is 30.3 Å². The van der Waals surface area contributed by atoms with Crippen molar-refractivity contribution in [1.29, 1.82) is 0 Å². The standard InChI is InChI=1S/C32H41N5O3/c1-22-7-13-26(14-8-22)37-29(21-28(35-37)32(2,3)4)34-31(39)33-25-11-9-23(10-12-25)20-24-15-17-36(18-16-24)30(38)27-6-5-19-40-27/h7-14,21,24,27H,5-6,15-20H2,1-4H3,(H2,33,34,39)/t27-/m1/s1. The average molecular weight is 544 g/mol. The monoisotopic (exact) mass is 543 g/mol. The number of rotatable bonds is 6. The van der Waals surface area contributed by atoms with Crippen LogP contribution in [0.25, 0.3) is 5.69 Å². The van der Waals surface area contributed by atoms with Gasteiger partial charge in [0.1, 0.15) is 11.9 Å². The van der Waals surface area contributed by atoms with Gasteiger partial charge in [-0.05, 0) is 74.8 Å². The first-order valence-corrected chi connectivity index (χ1v) is 14.4. The minimum Gasteiger partial charge on any atom is -0.368 e. The Bertz CT molecular complexity index is 1310. The van der Waals surface area contributed by atoms with E-state index in [1.807, 2.05) is 54.3 Å². The van der Waals surface area contributed by atoms with E-state index in [-0.39, 0.29) is 23.5 Å². The third-order valence-corrected chi connectivity index (χ3v) is 7.87. The fourth-order valence-electron chi connectivity index (χ4n) is 5.39. The zero-order chi connectivity index (χ0) is 28.3. The van der Waals surface area contributed by atoms with E-state index in [0.717, 1.165) is 67.8 Å². The molecule has 2 aromatic carbocycles. The summed E-state index contributed by atoms with van der Waals surface area (Å²) in [6, 6.07) is 17.7. The molecule has 2 saturated heterocycles. The minimum atomic E-state index is -0.315. The summed E-state index contributed by atoms with van der Waals surface area (Å²) in [6.45, 7) is 10.7. The van der Waals surface area contributed by atoms with Crippen molar-refractivity contribution in [3.05, 3.63) is 71.4 Å². The second kappa shape index (κ2) is 11.8. The second-order valence-corrected chi connectivity index (χ2v) is 12.2. The van der Waals surface area contributed by atoms with Crippen LogP contribution in [0.2, 0.25) is 0 Å². The maximum absolute atomic E-state index is 13.0. The molecule has 8 heteroatoms. The molecule has 3 aromatic rings. The number of hydrogen-bond acceptors (Lipinski definition) is 4. The van der Waals surface area contributed by atoms with E-state index in [1.165, 1.54) is 5.56 Å². The number of carbonyl (C=O) groups excluding carboxylic acids is 2. The first-order valence-electron chi connectivity index (χ1n) is 14.4. The predicted octanol–water partition coefficient (Wildman–Crippen LogP) is 6.08. The van der Waals surface area contributed by atoms with Crippen LogP contribution in [-0.4, -0.2) is 52.4 Å². The predicted molar refractivity (Wildman–Crippen MR) is 158 cm³/mol. The third kappa shape index (κ3) is 6.73. The molecule has 2 aliphatic heterocycles. The third-order valence-electron chi connectivity index (χ3n) is 7.87. The highest BCUT2D eigenvalue weighted by Crippen LogP contribution is 2.27. The van der Waals surface area contributed by atoms with Crippen molar-refractivity contribution in [3.63, 3.8) is 0 Å². The van der Waals surface area contributed by atoms with E-state index in [9.17, 15) is 9.59 Å². The molecular formula is C32H41N5O3. The van der Waals surface area contributed by atoms with Crippen LogP contribution >= 0.6 is 0 Å². The number of nitrogens with zero attached hydrogens (tertiary/aromatic N) is 3. The highest BCUT2D eigenvalue weighted by molar-refractivity contribution is 5.99. The number of aromatic nitrogens is 2. The van der Waals surface area contributed by atoms with Crippen LogP contribution in [0.4, 0.5) is 16.3 Å². The topological polar surface area (TPSA) is 88.5 Å². The first kappa shape index (κ1) is 27.9. The second-order valence-electron chi connectivity index (χ2n) is 12.2. The largest absolute Gasteiger partial charge is 0.368 e. The lowest BCUT2D eigenvalue weighted by Crippen LogP contribution is -2.44. The van der Waals surface area contributed by atoms with Crippen LogP contribution < -0.4 is 10.6 Å². The van der Waals surface area contributed by atoms with Gasteiger partial charge < -0.3 is 15.0 Å². The SMILES string of the molecule is Cc1ccc(-n2nc(C(C)(C)C)cc2NC(=O)Nc2ccc(CC3CCN(C(=O)[C@H]4CCCO4)CC3)cc2)cc1. The number of hydrogen-bond donors (Lipinski definition) is 2. The summed E-state index contributed by atoms with van der Waals surface area (Å²) < 4.78 is 7.36. The molecule has 5 rings (SSSR count). The van der Waals surface area contributed by atoms with Gasteiger partial charge in [0.25, 0.3) is 5.91 Å². The van der Waals surface area contributed by atoms with Crippen LogP contribution in [0.3, 0.4) is 0 Å². The maximum atomic E-state index is 13.0. The highest BCUT2D eigenvalue weighted by Gasteiger charge is 2.31. The van der Waals surface area contributed by atoms with Crippen molar-refractivity contribution in [1.82, 2.24) is 14.7 Å². The zero-order valence-electron chi connectivity index (χ0n) is 24.1. The van der Waals surface area contributed by atoms with Crippen molar-refractivity contribution in [3.8, 4) is 5.69 Å². The number of benzene rings is 2.